The summed E-state index contributed by atoms with van der Waals surface area (Å²) in [5.74, 6) is -0.795. The molecule has 9 nitrogen and oxygen atoms in total. The van der Waals surface area contributed by atoms with Gasteiger partial charge in [0.25, 0.3) is 0 Å². The third-order valence-electron chi connectivity index (χ3n) is 13.8. The van der Waals surface area contributed by atoms with E-state index in [9.17, 15) is 19.0 Å². The lowest BCUT2D eigenvalue weighted by molar-refractivity contribution is -0.870. The van der Waals surface area contributed by atoms with Gasteiger partial charge in [-0.2, -0.15) is 0 Å². The number of ether oxygens (including phenoxy) is 2. The monoisotopic (exact) mass is 1060 g/mol. The first kappa shape index (κ1) is 72.0. The molecule has 0 amide bonds. The predicted molar refractivity (Wildman–Crippen MR) is 317 cm³/mol. The highest BCUT2D eigenvalue weighted by Crippen LogP contribution is 2.43. The molecule has 0 saturated heterocycles. The number of hydrogen-bond acceptors (Lipinski definition) is 7. The van der Waals surface area contributed by atoms with Crippen LogP contribution in [0, 0.1) is 0 Å². The maximum absolute atomic E-state index is 12.8. The predicted octanol–water partition coefficient (Wildman–Crippen LogP) is 19.7. The second kappa shape index (κ2) is 55.7. The summed E-state index contributed by atoms with van der Waals surface area (Å²) in [4.78, 5) is 35.7. The Kier molecular flexibility index (Phi) is 54.2. The van der Waals surface area contributed by atoms with Crippen molar-refractivity contribution in [3.8, 4) is 0 Å². The van der Waals surface area contributed by atoms with Gasteiger partial charge in [0, 0.05) is 12.8 Å². The Morgan fingerprint density at radius 1 is 0.419 bits per heavy atom. The first-order chi connectivity index (χ1) is 36.0. The fraction of sp³-hybridized carbons (Fsp3) is 0.844. The third kappa shape index (κ3) is 59.2. The van der Waals surface area contributed by atoms with E-state index in [4.69, 9.17) is 18.5 Å². The molecule has 0 aromatic heterocycles. The zero-order chi connectivity index (χ0) is 54.2. The molecule has 0 aliphatic carbocycles. The minimum Gasteiger partial charge on any atom is -0.462 e. The number of likely N-dealkylation sites (N-methyl/N-ethyl adjacent to an activating group) is 1. The van der Waals surface area contributed by atoms with Crippen molar-refractivity contribution in [2.24, 2.45) is 0 Å². The molecule has 0 heterocycles. The van der Waals surface area contributed by atoms with Crippen LogP contribution in [0.4, 0.5) is 0 Å². The highest BCUT2D eigenvalue weighted by atomic mass is 31.2. The van der Waals surface area contributed by atoms with Crippen LogP contribution in [-0.4, -0.2) is 74.9 Å². The second-order valence-electron chi connectivity index (χ2n) is 22.4. The average molecular weight is 1060 g/mol. The van der Waals surface area contributed by atoms with E-state index in [1.807, 2.05) is 21.1 Å². The van der Waals surface area contributed by atoms with Gasteiger partial charge in [0.1, 0.15) is 19.8 Å². The molecule has 74 heavy (non-hydrogen) atoms. The molecule has 0 bridgehead atoms. The molecule has 0 aromatic carbocycles. The Labute approximate surface area is 458 Å². The maximum Gasteiger partial charge on any atom is 0.472 e. The summed E-state index contributed by atoms with van der Waals surface area (Å²) in [7, 11) is 1.48. The van der Waals surface area contributed by atoms with Gasteiger partial charge in [-0.1, -0.05) is 255 Å². The molecular formula is C64H121NO8P+. The molecular weight excluding hydrogens is 942 g/mol. The summed E-state index contributed by atoms with van der Waals surface area (Å²) >= 11 is 0. The van der Waals surface area contributed by atoms with Crippen molar-refractivity contribution in [1.29, 1.82) is 0 Å². The number of phosphoric ester groups is 1. The lowest BCUT2D eigenvalue weighted by Crippen LogP contribution is -2.37. The van der Waals surface area contributed by atoms with Crippen molar-refractivity contribution in [1.82, 2.24) is 0 Å². The molecule has 10 heteroatoms. The zero-order valence-electron chi connectivity index (χ0n) is 49.3. The van der Waals surface area contributed by atoms with Gasteiger partial charge in [-0.05, 0) is 77.0 Å². The lowest BCUT2D eigenvalue weighted by Gasteiger charge is -2.24. The number of allylic oxidation sites excluding steroid dienone is 8. The molecule has 0 aliphatic heterocycles. The van der Waals surface area contributed by atoms with Gasteiger partial charge in [-0.3, -0.25) is 18.6 Å². The number of unbranched alkanes of at least 4 members (excludes halogenated alkanes) is 36. The van der Waals surface area contributed by atoms with E-state index in [2.05, 4.69) is 62.5 Å². The largest absolute Gasteiger partial charge is 0.472 e. The summed E-state index contributed by atoms with van der Waals surface area (Å²) in [5.41, 5.74) is 0. The van der Waals surface area contributed by atoms with Crippen LogP contribution < -0.4 is 0 Å². The summed E-state index contributed by atoms with van der Waals surface area (Å²) in [5, 5.41) is 0. The van der Waals surface area contributed by atoms with Crippen molar-refractivity contribution in [3.63, 3.8) is 0 Å². The first-order valence-electron chi connectivity index (χ1n) is 31.4. The smallest absolute Gasteiger partial charge is 0.462 e. The normalized spacial score (nSPS) is 13.5. The fourth-order valence-electron chi connectivity index (χ4n) is 8.96. The van der Waals surface area contributed by atoms with Crippen LogP contribution >= 0.6 is 7.82 Å². The van der Waals surface area contributed by atoms with Crippen molar-refractivity contribution in [2.75, 3.05) is 47.5 Å². The van der Waals surface area contributed by atoms with Crippen LogP contribution in [0.2, 0.25) is 0 Å². The van der Waals surface area contributed by atoms with Crippen LogP contribution in [0.1, 0.15) is 296 Å². The van der Waals surface area contributed by atoms with E-state index in [1.165, 1.54) is 205 Å². The molecule has 2 unspecified atom stereocenters. The summed E-state index contributed by atoms with van der Waals surface area (Å²) in [6.45, 7) is 4.42. The van der Waals surface area contributed by atoms with Crippen molar-refractivity contribution >= 4 is 19.8 Å². The SMILES string of the molecule is CCCCC/C=C\C/C=C\CCCCCCCCCC(=O)OCC(COP(=O)(O)OCC[N+](C)(C)C)OC(=O)CCCCCCCCCCCCCCCCCCCCCCC/C=C\C/C=C\CCCCCCC. The molecule has 0 aliphatic rings. The molecule has 0 radical (unpaired) electrons. The van der Waals surface area contributed by atoms with Crippen LogP contribution in [-0.2, 0) is 32.7 Å². The third-order valence-corrected chi connectivity index (χ3v) is 14.8. The average Bonchev–Trinajstić information content (AvgIpc) is 3.36. The molecule has 2 atom stereocenters. The standard InChI is InChI=1S/C64H120NO8P/c1-6-8-10-12-14-16-18-20-22-24-25-26-27-28-29-30-31-32-33-34-35-36-37-38-39-41-43-45-47-49-51-53-55-57-64(67)73-62(61-72-74(68,69)71-59-58-65(3,4)5)60-70-63(66)56-54-52-50-48-46-44-42-40-23-21-19-17-15-13-11-9-7-2/h15,17-18,20-21,23-25,62H,6-14,16,19,22,26-61H2,1-5H3/p+1/b17-15-,20-18-,23-21-,25-24-. The number of esters is 2. The number of phosphoric acid groups is 1. The highest BCUT2D eigenvalue weighted by molar-refractivity contribution is 7.47. The van der Waals surface area contributed by atoms with E-state index in [0.717, 1.165) is 57.8 Å². The van der Waals surface area contributed by atoms with Crippen molar-refractivity contribution in [3.05, 3.63) is 48.6 Å². The highest BCUT2D eigenvalue weighted by Gasteiger charge is 2.27. The van der Waals surface area contributed by atoms with Crippen LogP contribution in [0.25, 0.3) is 0 Å². The zero-order valence-corrected chi connectivity index (χ0v) is 50.2. The molecule has 0 aromatic rings. The summed E-state index contributed by atoms with van der Waals surface area (Å²) in [6.07, 6.45) is 70.6. The van der Waals surface area contributed by atoms with Gasteiger partial charge < -0.3 is 18.9 Å². The molecule has 0 fully saturated rings. The molecule has 434 valence electrons. The van der Waals surface area contributed by atoms with E-state index in [-0.39, 0.29) is 32.0 Å². The number of nitrogens with zero attached hydrogens (tertiary/aromatic N) is 1. The fourth-order valence-corrected chi connectivity index (χ4v) is 9.70. The van der Waals surface area contributed by atoms with Gasteiger partial charge in [0.15, 0.2) is 6.10 Å². The van der Waals surface area contributed by atoms with Crippen LogP contribution in [0.15, 0.2) is 48.6 Å². The quantitative estimate of drug-likeness (QED) is 0.0211. The Balaban J connectivity index is 4.01. The van der Waals surface area contributed by atoms with Gasteiger partial charge in [0.2, 0.25) is 0 Å². The van der Waals surface area contributed by atoms with Crippen molar-refractivity contribution in [2.45, 2.75) is 302 Å². The van der Waals surface area contributed by atoms with Crippen molar-refractivity contribution < 1.29 is 42.1 Å². The van der Waals surface area contributed by atoms with E-state index in [0.29, 0.717) is 17.4 Å². The van der Waals surface area contributed by atoms with Gasteiger partial charge in [-0.15, -0.1) is 0 Å². The number of hydrogen-bond donors (Lipinski definition) is 1. The molecule has 0 spiro atoms. The second-order valence-corrected chi connectivity index (χ2v) is 23.9. The van der Waals surface area contributed by atoms with E-state index >= 15 is 0 Å². The van der Waals surface area contributed by atoms with Gasteiger partial charge in [-0.25, -0.2) is 4.57 Å². The Bertz CT molecular complexity index is 1390. The first-order valence-corrected chi connectivity index (χ1v) is 32.9. The van der Waals surface area contributed by atoms with Gasteiger partial charge >= 0.3 is 19.8 Å². The maximum atomic E-state index is 12.8. The molecule has 0 saturated carbocycles. The van der Waals surface area contributed by atoms with E-state index < -0.39 is 26.5 Å². The van der Waals surface area contributed by atoms with Crippen LogP contribution in [0.3, 0.4) is 0 Å². The summed E-state index contributed by atoms with van der Waals surface area (Å²) < 4.78 is 34.6. The van der Waals surface area contributed by atoms with E-state index in [1.54, 1.807) is 0 Å². The molecule has 1 N–H and O–H groups in total. The summed E-state index contributed by atoms with van der Waals surface area (Å²) in [6, 6.07) is 0. The Hall–Kier alpha value is -2.03. The lowest BCUT2D eigenvalue weighted by atomic mass is 10.0. The number of carbonyl (C=O) groups excluding carboxylic acids is 2. The topological polar surface area (TPSA) is 108 Å². The van der Waals surface area contributed by atoms with Gasteiger partial charge in [0.05, 0.1) is 27.7 Å². The molecule has 0 rings (SSSR count). The number of rotatable bonds is 58. The minimum atomic E-state index is -4.39. The minimum absolute atomic E-state index is 0.0311. The van der Waals surface area contributed by atoms with Crippen LogP contribution in [0.5, 0.6) is 0 Å². The Morgan fingerprint density at radius 3 is 1.09 bits per heavy atom. The Morgan fingerprint density at radius 2 is 0.730 bits per heavy atom. The number of quaternary nitrogens is 1. The number of carbonyl (C=O) groups is 2.